The summed E-state index contributed by atoms with van der Waals surface area (Å²) in [5.41, 5.74) is 5.11. The van der Waals surface area contributed by atoms with Gasteiger partial charge in [0.2, 0.25) is 5.91 Å². The highest BCUT2D eigenvalue weighted by Crippen LogP contribution is 2.17. The van der Waals surface area contributed by atoms with Crippen LogP contribution in [0.4, 0.5) is 4.79 Å². The third-order valence-corrected chi connectivity index (χ3v) is 2.52. The molecule has 2 amide bonds. The molecule has 1 atom stereocenters. The summed E-state index contributed by atoms with van der Waals surface area (Å²) in [4.78, 5) is 23.6. The van der Waals surface area contributed by atoms with Crippen molar-refractivity contribution >= 4 is 12.0 Å². The molecule has 0 spiro atoms. The molecule has 1 fully saturated rings. The molecule has 2 N–H and O–H groups in total. The summed E-state index contributed by atoms with van der Waals surface area (Å²) in [6.45, 7) is 8.11. The number of amides is 2. The second-order valence-electron chi connectivity index (χ2n) is 5.64. The van der Waals surface area contributed by atoms with E-state index in [2.05, 4.69) is 0 Å². The Hall–Kier alpha value is -1.30. The van der Waals surface area contributed by atoms with E-state index in [4.69, 9.17) is 10.5 Å². The third-order valence-electron chi connectivity index (χ3n) is 2.52. The lowest BCUT2D eigenvalue weighted by Crippen LogP contribution is -2.46. The van der Waals surface area contributed by atoms with Crippen LogP contribution in [-0.4, -0.2) is 46.8 Å². The van der Waals surface area contributed by atoms with Crippen molar-refractivity contribution in [2.75, 3.05) is 13.1 Å². The number of hydrazine groups is 1. The van der Waals surface area contributed by atoms with Crippen molar-refractivity contribution in [1.29, 1.82) is 0 Å². The standard InChI is InChI=1S/C12H23N3O3/c1-9(13)5-7-14-10(16)6-8-15(14)11(17)18-12(2,3)4/h9H,5-8,13H2,1-4H3. The zero-order valence-electron chi connectivity index (χ0n) is 11.6. The van der Waals surface area contributed by atoms with Gasteiger partial charge in [-0.15, -0.1) is 0 Å². The molecular weight excluding hydrogens is 234 g/mol. The van der Waals surface area contributed by atoms with Crippen molar-refractivity contribution in [3.63, 3.8) is 0 Å². The van der Waals surface area contributed by atoms with Gasteiger partial charge in [0, 0.05) is 19.0 Å². The number of nitrogens with zero attached hydrogens (tertiary/aromatic N) is 2. The van der Waals surface area contributed by atoms with Crippen LogP contribution in [0, 0.1) is 0 Å². The number of carbonyl (C=O) groups excluding carboxylic acids is 2. The quantitative estimate of drug-likeness (QED) is 0.821. The summed E-state index contributed by atoms with van der Waals surface area (Å²) < 4.78 is 5.27. The largest absolute Gasteiger partial charge is 0.442 e. The lowest BCUT2D eigenvalue weighted by atomic mass is 10.2. The van der Waals surface area contributed by atoms with Crippen LogP contribution in [0.25, 0.3) is 0 Å². The lowest BCUT2D eigenvalue weighted by molar-refractivity contribution is -0.137. The van der Waals surface area contributed by atoms with Crippen LogP contribution < -0.4 is 5.73 Å². The second kappa shape index (κ2) is 5.56. The normalized spacial score (nSPS) is 18.2. The first-order valence-electron chi connectivity index (χ1n) is 6.27. The average molecular weight is 257 g/mol. The van der Waals surface area contributed by atoms with Crippen LogP contribution in [0.1, 0.15) is 40.5 Å². The van der Waals surface area contributed by atoms with Crippen LogP contribution in [-0.2, 0) is 9.53 Å². The summed E-state index contributed by atoms with van der Waals surface area (Å²) in [6.07, 6.45) is 0.529. The highest BCUT2D eigenvalue weighted by molar-refractivity contribution is 5.82. The molecule has 6 heteroatoms. The zero-order valence-corrected chi connectivity index (χ0v) is 11.6. The molecule has 1 rings (SSSR count). The third kappa shape index (κ3) is 4.18. The Morgan fingerprint density at radius 2 is 2.11 bits per heavy atom. The number of ether oxygens (including phenoxy) is 1. The van der Waals surface area contributed by atoms with Crippen molar-refractivity contribution in [3.05, 3.63) is 0 Å². The molecule has 0 saturated carbocycles. The topological polar surface area (TPSA) is 75.9 Å². The van der Waals surface area contributed by atoms with Crippen LogP contribution in [0.5, 0.6) is 0 Å². The predicted molar refractivity (Wildman–Crippen MR) is 67.5 cm³/mol. The fraction of sp³-hybridized carbons (Fsp3) is 0.833. The maximum atomic E-state index is 11.9. The maximum absolute atomic E-state index is 11.9. The lowest BCUT2D eigenvalue weighted by Gasteiger charge is -2.30. The SMILES string of the molecule is CC(N)CCN1C(=O)CCN1C(=O)OC(C)(C)C. The first kappa shape index (κ1) is 14.8. The van der Waals surface area contributed by atoms with Gasteiger partial charge in [0.1, 0.15) is 5.60 Å². The van der Waals surface area contributed by atoms with E-state index in [0.717, 1.165) is 0 Å². The summed E-state index contributed by atoms with van der Waals surface area (Å²) in [7, 11) is 0. The van der Waals surface area contributed by atoms with E-state index in [0.29, 0.717) is 25.9 Å². The molecule has 0 aliphatic carbocycles. The van der Waals surface area contributed by atoms with Gasteiger partial charge in [0.05, 0.1) is 6.54 Å². The molecule has 1 heterocycles. The van der Waals surface area contributed by atoms with E-state index in [9.17, 15) is 9.59 Å². The minimum absolute atomic E-state index is 0.00103. The van der Waals surface area contributed by atoms with Gasteiger partial charge in [-0.2, -0.15) is 0 Å². The molecule has 1 saturated heterocycles. The molecule has 0 aromatic rings. The van der Waals surface area contributed by atoms with E-state index in [1.807, 2.05) is 6.92 Å². The van der Waals surface area contributed by atoms with Gasteiger partial charge in [-0.05, 0) is 34.1 Å². The van der Waals surface area contributed by atoms with Gasteiger partial charge in [-0.3, -0.25) is 4.79 Å². The maximum Gasteiger partial charge on any atom is 0.429 e. The van der Waals surface area contributed by atoms with Gasteiger partial charge in [0.15, 0.2) is 0 Å². The number of nitrogens with two attached hydrogens (primary N) is 1. The Bertz CT molecular complexity index is 323. The van der Waals surface area contributed by atoms with Gasteiger partial charge in [0.25, 0.3) is 0 Å². The average Bonchev–Trinajstić information content (AvgIpc) is 2.54. The minimum atomic E-state index is -0.560. The van der Waals surface area contributed by atoms with Gasteiger partial charge in [-0.1, -0.05) is 0 Å². The molecule has 1 unspecified atom stereocenters. The van der Waals surface area contributed by atoms with Crippen LogP contribution >= 0.6 is 0 Å². The number of rotatable bonds is 3. The molecule has 0 aromatic carbocycles. The van der Waals surface area contributed by atoms with Crippen LogP contribution in [0.15, 0.2) is 0 Å². The van der Waals surface area contributed by atoms with E-state index in [1.54, 1.807) is 20.8 Å². The fourth-order valence-electron chi connectivity index (χ4n) is 1.66. The molecule has 1 aliphatic rings. The highest BCUT2D eigenvalue weighted by Gasteiger charge is 2.35. The van der Waals surface area contributed by atoms with Crippen molar-refractivity contribution < 1.29 is 14.3 Å². The Morgan fingerprint density at radius 3 is 2.61 bits per heavy atom. The van der Waals surface area contributed by atoms with E-state index in [-0.39, 0.29) is 11.9 Å². The van der Waals surface area contributed by atoms with Crippen molar-refractivity contribution in [2.24, 2.45) is 5.73 Å². The van der Waals surface area contributed by atoms with Gasteiger partial charge in [-0.25, -0.2) is 14.8 Å². The Morgan fingerprint density at radius 1 is 1.50 bits per heavy atom. The minimum Gasteiger partial charge on any atom is -0.442 e. The molecule has 0 radical (unpaired) electrons. The summed E-state index contributed by atoms with van der Waals surface area (Å²) in [5.74, 6) is -0.0542. The number of hydrogen-bond donors (Lipinski definition) is 1. The van der Waals surface area contributed by atoms with Crippen molar-refractivity contribution in [3.8, 4) is 0 Å². The molecule has 18 heavy (non-hydrogen) atoms. The second-order valence-corrected chi connectivity index (χ2v) is 5.64. The summed E-state index contributed by atoms with van der Waals surface area (Å²) >= 11 is 0. The molecule has 0 aromatic heterocycles. The van der Waals surface area contributed by atoms with E-state index < -0.39 is 11.7 Å². The molecule has 104 valence electrons. The summed E-state index contributed by atoms with van der Waals surface area (Å²) in [6, 6.07) is -0.00103. The monoisotopic (exact) mass is 257 g/mol. The number of hydrogen-bond acceptors (Lipinski definition) is 4. The predicted octanol–water partition coefficient (Wildman–Crippen LogP) is 1.11. The first-order chi connectivity index (χ1) is 8.20. The Balaban J connectivity index is 2.63. The van der Waals surface area contributed by atoms with Crippen LogP contribution in [0.2, 0.25) is 0 Å². The highest BCUT2D eigenvalue weighted by atomic mass is 16.6. The fourth-order valence-corrected chi connectivity index (χ4v) is 1.66. The smallest absolute Gasteiger partial charge is 0.429 e. The van der Waals surface area contributed by atoms with E-state index >= 15 is 0 Å². The van der Waals surface area contributed by atoms with Crippen LogP contribution in [0.3, 0.4) is 0 Å². The van der Waals surface area contributed by atoms with E-state index in [1.165, 1.54) is 10.0 Å². The first-order valence-corrected chi connectivity index (χ1v) is 6.27. The Kier molecular flexibility index (Phi) is 4.56. The van der Waals surface area contributed by atoms with Gasteiger partial charge >= 0.3 is 6.09 Å². The van der Waals surface area contributed by atoms with Crippen molar-refractivity contribution in [1.82, 2.24) is 10.0 Å². The molecular formula is C12H23N3O3. The van der Waals surface area contributed by atoms with Crippen molar-refractivity contribution in [2.45, 2.75) is 52.2 Å². The zero-order chi connectivity index (χ0) is 13.9. The molecule has 6 nitrogen and oxygen atoms in total. The number of carbonyl (C=O) groups is 2. The molecule has 1 aliphatic heterocycles. The summed E-state index contributed by atoms with van der Waals surface area (Å²) in [5, 5.41) is 2.81. The molecule has 0 bridgehead atoms. The Labute approximate surface area is 108 Å². The van der Waals surface area contributed by atoms with Gasteiger partial charge < -0.3 is 10.5 Å².